The van der Waals surface area contributed by atoms with Crippen LogP contribution >= 0.6 is 15.9 Å². The number of hydrogen-bond donors (Lipinski definition) is 0. The zero-order valence-electron chi connectivity index (χ0n) is 8.32. The van der Waals surface area contributed by atoms with Crippen LogP contribution in [0.5, 0.6) is 0 Å². The van der Waals surface area contributed by atoms with E-state index in [1.165, 1.54) is 7.11 Å². The van der Waals surface area contributed by atoms with Gasteiger partial charge in [-0.25, -0.2) is 9.78 Å². The number of aryl methyl sites for hydroxylation is 1. The van der Waals surface area contributed by atoms with Crippen molar-refractivity contribution in [2.75, 3.05) is 7.11 Å². The lowest BCUT2D eigenvalue weighted by atomic mass is 10.3. The van der Waals surface area contributed by atoms with Gasteiger partial charge in [0.25, 0.3) is 0 Å². The highest BCUT2D eigenvalue weighted by Crippen LogP contribution is 2.19. The molecule has 0 saturated carbocycles. The van der Waals surface area contributed by atoms with Gasteiger partial charge >= 0.3 is 5.97 Å². The Morgan fingerprint density at radius 3 is 3.00 bits per heavy atom. The van der Waals surface area contributed by atoms with E-state index in [2.05, 4.69) is 25.7 Å². The molecule has 0 radical (unpaired) electrons. The third kappa shape index (κ3) is 1.63. The van der Waals surface area contributed by atoms with Crippen LogP contribution in [-0.2, 0) is 4.74 Å². The van der Waals surface area contributed by atoms with Gasteiger partial charge in [0.15, 0.2) is 5.69 Å². The second-order valence-electron chi connectivity index (χ2n) is 3.18. The molecule has 0 unspecified atom stereocenters. The average molecular weight is 269 g/mol. The number of carbonyl (C=O) groups is 1. The van der Waals surface area contributed by atoms with Gasteiger partial charge in [0.1, 0.15) is 10.3 Å². The largest absolute Gasteiger partial charge is 0.464 e. The first-order chi connectivity index (χ1) is 7.13. The zero-order chi connectivity index (χ0) is 11.0. The predicted octanol–water partition coefficient (Wildman–Crippen LogP) is 2.19. The van der Waals surface area contributed by atoms with Crippen LogP contribution in [0.25, 0.3) is 5.65 Å². The summed E-state index contributed by atoms with van der Waals surface area (Å²) in [4.78, 5) is 15.7. The summed E-state index contributed by atoms with van der Waals surface area (Å²) in [5, 5.41) is 0. The number of fused-ring (bicyclic) bond motifs is 1. The van der Waals surface area contributed by atoms with Crippen LogP contribution in [0, 0.1) is 6.92 Å². The standard InChI is InChI=1S/C10H9BrN2O2/c1-6-3-4-13-7(5-6)12-9(11)8(13)10(14)15-2/h3-5H,1-2H3. The molecule has 0 saturated heterocycles. The SMILES string of the molecule is COC(=O)c1c(Br)nc2cc(C)ccn12. The number of ether oxygens (including phenoxy) is 1. The molecule has 2 heterocycles. The fraction of sp³-hybridized carbons (Fsp3) is 0.200. The molecule has 4 nitrogen and oxygen atoms in total. The molecule has 0 aliphatic heterocycles. The van der Waals surface area contributed by atoms with Crippen molar-refractivity contribution in [3.05, 3.63) is 34.2 Å². The monoisotopic (exact) mass is 268 g/mol. The minimum Gasteiger partial charge on any atom is -0.464 e. The average Bonchev–Trinajstić information content (AvgIpc) is 2.52. The van der Waals surface area contributed by atoms with Gasteiger partial charge < -0.3 is 4.74 Å². The first-order valence-electron chi connectivity index (χ1n) is 4.36. The normalized spacial score (nSPS) is 10.6. The number of imidazole rings is 1. The lowest BCUT2D eigenvalue weighted by Gasteiger charge is -2.00. The molecule has 0 aliphatic carbocycles. The molecule has 0 aliphatic rings. The molecule has 0 spiro atoms. The molecule has 2 aromatic rings. The Morgan fingerprint density at radius 2 is 2.33 bits per heavy atom. The van der Waals surface area contributed by atoms with Crippen molar-refractivity contribution in [1.29, 1.82) is 0 Å². The van der Waals surface area contributed by atoms with Crippen molar-refractivity contribution >= 4 is 27.5 Å². The van der Waals surface area contributed by atoms with Gasteiger partial charge in [0.05, 0.1) is 7.11 Å². The maximum absolute atomic E-state index is 11.5. The lowest BCUT2D eigenvalue weighted by molar-refractivity contribution is 0.0591. The van der Waals surface area contributed by atoms with Crippen molar-refractivity contribution < 1.29 is 9.53 Å². The summed E-state index contributed by atoms with van der Waals surface area (Å²) >= 11 is 3.24. The molecule has 5 heteroatoms. The van der Waals surface area contributed by atoms with E-state index < -0.39 is 5.97 Å². The molecule has 78 valence electrons. The van der Waals surface area contributed by atoms with E-state index in [0.29, 0.717) is 10.3 Å². The van der Waals surface area contributed by atoms with Crippen LogP contribution in [0.2, 0.25) is 0 Å². The molecule has 0 amide bonds. The molecule has 0 N–H and O–H groups in total. The molecular formula is C10H9BrN2O2. The number of methoxy groups -OCH3 is 1. The minimum atomic E-state index is -0.404. The highest BCUT2D eigenvalue weighted by Gasteiger charge is 2.17. The first-order valence-corrected chi connectivity index (χ1v) is 5.15. The summed E-state index contributed by atoms with van der Waals surface area (Å²) in [5.74, 6) is -0.404. The minimum absolute atomic E-state index is 0.404. The van der Waals surface area contributed by atoms with Crippen LogP contribution in [0.1, 0.15) is 16.1 Å². The zero-order valence-corrected chi connectivity index (χ0v) is 9.91. The molecule has 0 aromatic carbocycles. The van der Waals surface area contributed by atoms with Crippen LogP contribution in [-0.4, -0.2) is 22.5 Å². The molecule has 2 rings (SSSR count). The second-order valence-corrected chi connectivity index (χ2v) is 3.93. The topological polar surface area (TPSA) is 43.6 Å². The van der Waals surface area contributed by atoms with E-state index in [1.807, 2.05) is 19.1 Å². The van der Waals surface area contributed by atoms with Crippen LogP contribution in [0.4, 0.5) is 0 Å². The molecule has 0 atom stereocenters. The number of rotatable bonds is 1. The van der Waals surface area contributed by atoms with E-state index in [4.69, 9.17) is 0 Å². The quantitative estimate of drug-likeness (QED) is 0.745. The number of halogens is 1. The smallest absolute Gasteiger partial charge is 0.357 e. The van der Waals surface area contributed by atoms with E-state index in [0.717, 1.165) is 11.2 Å². The molecule has 2 aromatic heterocycles. The van der Waals surface area contributed by atoms with Gasteiger partial charge in [0, 0.05) is 6.20 Å². The Morgan fingerprint density at radius 1 is 1.60 bits per heavy atom. The third-order valence-electron chi connectivity index (χ3n) is 2.12. The fourth-order valence-corrected chi connectivity index (χ4v) is 1.93. The number of hydrogen-bond acceptors (Lipinski definition) is 3. The number of carbonyl (C=O) groups excluding carboxylic acids is 1. The highest BCUT2D eigenvalue weighted by atomic mass is 79.9. The third-order valence-corrected chi connectivity index (χ3v) is 2.67. The Kier molecular flexibility index (Phi) is 2.48. The second kappa shape index (κ2) is 3.66. The van der Waals surface area contributed by atoms with Crippen LogP contribution < -0.4 is 0 Å². The van der Waals surface area contributed by atoms with Gasteiger partial charge in [-0.1, -0.05) is 0 Å². The lowest BCUT2D eigenvalue weighted by Crippen LogP contribution is -2.05. The summed E-state index contributed by atoms with van der Waals surface area (Å²) in [7, 11) is 1.35. The molecule has 0 bridgehead atoms. The summed E-state index contributed by atoms with van der Waals surface area (Å²) < 4.78 is 6.88. The van der Waals surface area contributed by atoms with Crippen LogP contribution in [0.3, 0.4) is 0 Å². The van der Waals surface area contributed by atoms with Crippen molar-refractivity contribution in [1.82, 2.24) is 9.38 Å². The fourth-order valence-electron chi connectivity index (χ4n) is 1.40. The number of aromatic nitrogens is 2. The Bertz CT molecular complexity index is 533. The summed E-state index contributed by atoms with van der Waals surface area (Å²) in [6, 6.07) is 3.81. The Hall–Kier alpha value is -1.36. The molecule has 15 heavy (non-hydrogen) atoms. The predicted molar refractivity (Wildman–Crippen MR) is 59.0 cm³/mol. The molecule has 0 fully saturated rings. The summed E-state index contributed by atoms with van der Waals surface area (Å²) in [6.07, 6.45) is 1.80. The number of pyridine rings is 1. The maximum Gasteiger partial charge on any atom is 0.357 e. The van der Waals surface area contributed by atoms with Crippen molar-refractivity contribution in [3.8, 4) is 0 Å². The maximum atomic E-state index is 11.5. The van der Waals surface area contributed by atoms with Gasteiger partial charge in [-0.15, -0.1) is 0 Å². The van der Waals surface area contributed by atoms with Crippen molar-refractivity contribution in [3.63, 3.8) is 0 Å². The van der Waals surface area contributed by atoms with E-state index in [-0.39, 0.29) is 0 Å². The Labute approximate surface area is 95.0 Å². The molecular weight excluding hydrogens is 260 g/mol. The van der Waals surface area contributed by atoms with E-state index >= 15 is 0 Å². The van der Waals surface area contributed by atoms with Gasteiger partial charge in [0.2, 0.25) is 0 Å². The summed E-state index contributed by atoms with van der Waals surface area (Å²) in [5.41, 5.74) is 2.23. The first kappa shape index (κ1) is 10.2. The number of esters is 1. The van der Waals surface area contributed by atoms with Crippen molar-refractivity contribution in [2.45, 2.75) is 6.92 Å². The number of nitrogens with zero attached hydrogens (tertiary/aromatic N) is 2. The van der Waals surface area contributed by atoms with E-state index in [1.54, 1.807) is 10.6 Å². The van der Waals surface area contributed by atoms with Crippen LogP contribution in [0.15, 0.2) is 22.9 Å². The Balaban J connectivity index is 2.73. The van der Waals surface area contributed by atoms with Gasteiger partial charge in [-0.3, -0.25) is 4.40 Å². The summed E-state index contributed by atoms with van der Waals surface area (Å²) in [6.45, 7) is 1.97. The highest BCUT2D eigenvalue weighted by molar-refractivity contribution is 9.10. The van der Waals surface area contributed by atoms with Gasteiger partial charge in [-0.05, 0) is 40.5 Å². The van der Waals surface area contributed by atoms with Crippen molar-refractivity contribution in [2.24, 2.45) is 0 Å². The van der Waals surface area contributed by atoms with E-state index in [9.17, 15) is 4.79 Å². The van der Waals surface area contributed by atoms with Gasteiger partial charge in [-0.2, -0.15) is 0 Å².